The number of rotatable bonds is 6. The molecule has 3 aromatic carbocycles. The Kier molecular flexibility index (Phi) is 6.24. The van der Waals surface area contributed by atoms with Crippen LogP contribution in [0.5, 0.6) is 5.75 Å². The maximum atomic E-state index is 12.3. The van der Waals surface area contributed by atoms with Crippen molar-refractivity contribution in [3.8, 4) is 16.9 Å². The SMILES string of the molecule is CC(Oc1ccc(-c2ccccc2)cc1)C(=O)N/N=C/c1cc2ccccc2nc1Cl. The molecule has 1 amide bonds. The van der Waals surface area contributed by atoms with Crippen LogP contribution in [0, 0.1) is 0 Å². The van der Waals surface area contributed by atoms with E-state index in [1.165, 1.54) is 6.21 Å². The summed E-state index contributed by atoms with van der Waals surface area (Å²) in [6.45, 7) is 1.67. The Morgan fingerprint density at radius 1 is 1.00 bits per heavy atom. The predicted molar refractivity (Wildman–Crippen MR) is 124 cm³/mol. The van der Waals surface area contributed by atoms with Crippen LogP contribution in [-0.4, -0.2) is 23.2 Å². The van der Waals surface area contributed by atoms with Crippen molar-refractivity contribution in [1.82, 2.24) is 10.4 Å². The molecule has 1 atom stereocenters. The van der Waals surface area contributed by atoms with Crippen LogP contribution in [0.3, 0.4) is 0 Å². The molecule has 154 valence electrons. The molecular formula is C25H20ClN3O2. The molecule has 0 saturated heterocycles. The van der Waals surface area contributed by atoms with Gasteiger partial charge in [-0.3, -0.25) is 4.79 Å². The van der Waals surface area contributed by atoms with Crippen molar-refractivity contribution in [1.29, 1.82) is 0 Å². The van der Waals surface area contributed by atoms with Gasteiger partial charge in [0.05, 0.1) is 11.7 Å². The fourth-order valence-corrected chi connectivity index (χ4v) is 3.26. The van der Waals surface area contributed by atoms with E-state index in [2.05, 4.69) is 15.5 Å². The van der Waals surface area contributed by atoms with E-state index in [9.17, 15) is 4.79 Å². The van der Waals surface area contributed by atoms with Crippen LogP contribution in [0.15, 0.2) is 90.0 Å². The number of aromatic nitrogens is 1. The lowest BCUT2D eigenvalue weighted by atomic mass is 10.1. The van der Waals surface area contributed by atoms with Crippen LogP contribution in [0.1, 0.15) is 12.5 Å². The zero-order valence-corrected chi connectivity index (χ0v) is 17.6. The molecular weight excluding hydrogens is 410 g/mol. The molecule has 0 fully saturated rings. The van der Waals surface area contributed by atoms with Crippen LogP contribution in [-0.2, 0) is 4.79 Å². The Hall–Kier alpha value is -3.70. The third kappa shape index (κ3) is 5.08. The molecule has 0 aliphatic carbocycles. The number of fused-ring (bicyclic) bond motifs is 1. The van der Waals surface area contributed by atoms with Crippen molar-refractivity contribution in [2.24, 2.45) is 5.10 Å². The number of nitrogens with one attached hydrogen (secondary N) is 1. The predicted octanol–water partition coefficient (Wildman–Crippen LogP) is 5.47. The summed E-state index contributed by atoms with van der Waals surface area (Å²) >= 11 is 6.21. The van der Waals surface area contributed by atoms with Gasteiger partial charge < -0.3 is 4.74 Å². The van der Waals surface area contributed by atoms with Crippen molar-refractivity contribution in [2.45, 2.75) is 13.0 Å². The molecule has 5 nitrogen and oxygen atoms in total. The van der Waals surface area contributed by atoms with Crippen molar-refractivity contribution in [2.75, 3.05) is 0 Å². The van der Waals surface area contributed by atoms with E-state index in [1.807, 2.05) is 84.9 Å². The topological polar surface area (TPSA) is 63.6 Å². The fourth-order valence-electron chi connectivity index (χ4n) is 3.07. The highest BCUT2D eigenvalue weighted by molar-refractivity contribution is 6.32. The molecule has 31 heavy (non-hydrogen) atoms. The maximum Gasteiger partial charge on any atom is 0.280 e. The quantitative estimate of drug-likeness (QED) is 0.251. The molecule has 1 heterocycles. The van der Waals surface area contributed by atoms with Gasteiger partial charge in [0.25, 0.3) is 5.91 Å². The second-order valence-electron chi connectivity index (χ2n) is 6.95. The van der Waals surface area contributed by atoms with Gasteiger partial charge in [-0.2, -0.15) is 5.10 Å². The molecule has 0 bridgehead atoms. The average molecular weight is 430 g/mol. The third-order valence-corrected chi connectivity index (χ3v) is 5.03. The summed E-state index contributed by atoms with van der Waals surface area (Å²) in [5.41, 5.74) is 6.10. The zero-order valence-electron chi connectivity index (χ0n) is 16.8. The first-order valence-electron chi connectivity index (χ1n) is 9.80. The first-order chi connectivity index (χ1) is 15.1. The Labute approximate surface area is 185 Å². The number of hydrogen-bond acceptors (Lipinski definition) is 4. The van der Waals surface area contributed by atoms with Crippen LogP contribution in [0.2, 0.25) is 5.15 Å². The van der Waals surface area contributed by atoms with Gasteiger partial charge in [-0.25, -0.2) is 10.4 Å². The van der Waals surface area contributed by atoms with E-state index in [1.54, 1.807) is 6.92 Å². The zero-order chi connectivity index (χ0) is 21.6. The highest BCUT2D eigenvalue weighted by atomic mass is 35.5. The van der Waals surface area contributed by atoms with E-state index in [0.29, 0.717) is 16.5 Å². The second kappa shape index (κ2) is 9.41. The first-order valence-corrected chi connectivity index (χ1v) is 10.2. The normalized spacial score (nSPS) is 12.1. The first kappa shape index (κ1) is 20.6. The van der Waals surface area contributed by atoms with Gasteiger partial charge in [0, 0.05) is 10.9 Å². The number of nitrogens with zero attached hydrogens (tertiary/aromatic N) is 2. The number of carbonyl (C=O) groups excluding carboxylic acids is 1. The number of carbonyl (C=O) groups is 1. The highest BCUT2D eigenvalue weighted by Gasteiger charge is 2.14. The fraction of sp³-hybridized carbons (Fsp3) is 0.0800. The number of hydrazone groups is 1. The molecule has 1 unspecified atom stereocenters. The molecule has 4 aromatic rings. The van der Waals surface area contributed by atoms with E-state index in [0.717, 1.165) is 22.0 Å². The van der Waals surface area contributed by atoms with Gasteiger partial charge in [-0.05, 0) is 42.3 Å². The van der Waals surface area contributed by atoms with Crippen molar-refractivity contribution >= 4 is 34.6 Å². The lowest BCUT2D eigenvalue weighted by Crippen LogP contribution is -2.33. The van der Waals surface area contributed by atoms with Crippen molar-refractivity contribution in [3.63, 3.8) is 0 Å². The van der Waals surface area contributed by atoms with E-state index < -0.39 is 6.10 Å². The maximum absolute atomic E-state index is 12.3. The number of para-hydroxylation sites is 1. The van der Waals surface area contributed by atoms with Crippen molar-refractivity contribution < 1.29 is 9.53 Å². The van der Waals surface area contributed by atoms with E-state index >= 15 is 0 Å². The van der Waals surface area contributed by atoms with Crippen LogP contribution in [0.25, 0.3) is 22.0 Å². The number of amides is 1. The Bertz CT molecular complexity index is 1220. The summed E-state index contributed by atoms with van der Waals surface area (Å²) in [6.07, 6.45) is 0.756. The number of ether oxygens (including phenoxy) is 1. The number of halogens is 1. The molecule has 1 N–H and O–H groups in total. The minimum Gasteiger partial charge on any atom is -0.481 e. The number of benzene rings is 3. The average Bonchev–Trinajstić information content (AvgIpc) is 2.80. The molecule has 0 spiro atoms. The lowest BCUT2D eigenvalue weighted by Gasteiger charge is -2.13. The molecule has 0 aliphatic rings. The molecule has 0 radical (unpaired) electrons. The smallest absolute Gasteiger partial charge is 0.280 e. The summed E-state index contributed by atoms with van der Waals surface area (Å²) in [5, 5.41) is 5.26. The molecule has 1 aromatic heterocycles. The second-order valence-corrected chi connectivity index (χ2v) is 7.30. The third-order valence-electron chi connectivity index (χ3n) is 4.73. The number of hydrogen-bond donors (Lipinski definition) is 1. The largest absolute Gasteiger partial charge is 0.481 e. The Morgan fingerprint density at radius 3 is 2.45 bits per heavy atom. The highest BCUT2D eigenvalue weighted by Crippen LogP contribution is 2.23. The standard InChI is InChI=1S/C25H20ClN3O2/c1-17(31-22-13-11-19(12-14-22)18-7-3-2-4-8-18)25(30)29-27-16-21-15-20-9-5-6-10-23(20)28-24(21)26/h2-17H,1H3,(H,29,30)/b27-16+. The summed E-state index contributed by atoms with van der Waals surface area (Å²) in [7, 11) is 0. The van der Waals surface area contributed by atoms with Gasteiger partial charge in [0.1, 0.15) is 10.9 Å². The van der Waals surface area contributed by atoms with Crippen LogP contribution in [0.4, 0.5) is 0 Å². The van der Waals surface area contributed by atoms with Crippen LogP contribution < -0.4 is 10.2 Å². The Balaban J connectivity index is 1.36. The molecule has 0 aliphatic heterocycles. The van der Waals surface area contributed by atoms with E-state index in [-0.39, 0.29) is 5.91 Å². The molecule has 4 rings (SSSR count). The van der Waals surface area contributed by atoms with Gasteiger partial charge in [0.15, 0.2) is 6.10 Å². The van der Waals surface area contributed by atoms with Gasteiger partial charge >= 0.3 is 0 Å². The van der Waals surface area contributed by atoms with E-state index in [4.69, 9.17) is 16.3 Å². The minimum absolute atomic E-state index is 0.319. The molecule has 0 saturated carbocycles. The molecule has 6 heteroatoms. The lowest BCUT2D eigenvalue weighted by molar-refractivity contribution is -0.127. The minimum atomic E-state index is -0.718. The number of pyridine rings is 1. The van der Waals surface area contributed by atoms with Gasteiger partial charge in [-0.1, -0.05) is 72.3 Å². The summed E-state index contributed by atoms with van der Waals surface area (Å²) in [6, 6.07) is 27.2. The van der Waals surface area contributed by atoms with Gasteiger partial charge in [-0.15, -0.1) is 0 Å². The monoisotopic (exact) mass is 429 g/mol. The van der Waals surface area contributed by atoms with Gasteiger partial charge in [0.2, 0.25) is 0 Å². The van der Waals surface area contributed by atoms with Crippen molar-refractivity contribution in [3.05, 3.63) is 95.6 Å². The summed E-state index contributed by atoms with van der Waals surface area (Å²) in [5.74, 6) is 0.237. The van der Waals surface area contributed by atoms with Crippen LogP contribution >= 0.6 is 11.6 Å². The Morgan fingerprint density at radius 2 is 1.68 bits per heavy atom. The summed E-state index contributed by atoms with van der Waals surface area (Å²) < 4.78 is 5.73. The summed E-state index contributed by atoms with van der Waals surface area (Å²) in [4.78, 5) is 16.7.